The average Bonchev–Trinajstić information content (AvgIpc) is 3.17. The molecule has 4 aromatic rings. The molecule has 1 aromatic heterocycles. The summed E-state index contributed by atoms with van der Waals surface area (Å²) in [5, 5.41) is 6.70. The van der Waals surface area contributed by atoms with Crippen molar-refractivity contribution < 1.29 is 32.3 Å². The summed E-state index contributed by atoms with van der Waals surface area (Å²) in [6.45, 7) is 2.74. The molecule has 11 nitrogen and oxygen atoms in total. The second-order valence-electron chi connectivity index (χ2n) is 14.8. The number of alkyl halides is 3. The summed E-state index contributed by atoms with van der Waals surface area (Å²) >= 11 is 0. The first-order chi connectivity index (χ1) is 26.3. The molecule has 3 fully saturated rings. The van der Waals surface area contributed by atoms with Crippen LogP contribution >= 0.6 is 0 Å². The maximum Gasteiger partial charge on any atom is 0.573 e. The second kappa shape index (κ2) is 15.8. The molecular formula is C41H45F3N6O5. The molecule has 1 unspecified atom stereocenters. The first-order valence-electron chi connectivity index (χ1n) is 18.7. The van der Waals surface area contributed by atoms with E-state index in [0.29, 0.717) is 85.2 Å². The van der Waals surface area contributed by atoms with Crippen LogP contribution in [0.5, 0.6) is 5.75 Å². The number of carbonyl (C=O) groups is 3. The van der Waals surface area contributed by atoms with Crippen LogP contribution in [0.3, 0.4) is 0 Å². The number of rotatable bonds is 8. The molecule has 290 valence electrons. The van der Waals surface area contributed by atoms with Crippen LogP contribution < -0.4 is 20.9 Å². The lowest BCUT2D eigenvalue weighted by Crippen LogP contribution is -2.51. The van der Waals surface area contributed by atoms with E-state index in [2.05, 4.69) is 32.4 Å². The van der Waals surface area contributed by atoms with Crippen molar-refractivity contribution in [2.24, 2.45) is 7.05 Å². The van der Waals surface area contributed by atoms with Crippen LogP contribution in [0.25, 0.3) is 21.9 Å². The van der Waals surface area contributed by atoms with Crippen molar-refractivity contribution in [1.82, 2.24) is 24.6 Å². The van der Waals surface area contributed by atoms with Gasteiger partial charge in [0.05, 0.1) is 0 Å². The second-order valence-corrected chi connectivity index (χ2v) is 14.8. The number of fused-ring (bicyclic) bond motifs is 1. The third-order valence-electron chi connectivity index (χ3n) is 11.2. The lowest BCUT2D eigenvalue weighted by Gasteiger charge is -2.40. The first-order valence-corrected chi connectivity index (χ1v) is 18.7. The molecule has 1 atom stereocenters. The van der Waals surface area contributed by atoms with E-state index >= 15 is 0 Å². The Hall–Kier alpha value is -5.37. The van der Waals surface area contributed by atoms with Gasteiger partial charge in [0, 0.05) is 87.7 Å². The SMILES string of the molecule is CN(C(=O)N1CCC(c2ccc(NC3CCC(=O)NC3=O)cc2)CC1)C1CCN(Cc2ccc(-c3cn(C)c(=O)c4ccccc34)cc2OC(F)(F)F)CC1. The minimum Gasteiger partial charge on any atom is -0.405 e. The molecule has 2 N–H and O–H groups in total. The van der Waals surface area contributed by atoms with Gasteiger partial charge < -0.3 is 24.4 Å². The van der Waals surface area contributed by atoms with Crippen LogP contribution in [0, 0.1) is 0 Å². The fourth-order valence-corrected chi connectivity index (χ4v) is 8.09. The Morgan fingerprint density at radius 3 is 2.27 bits per heavy atom. The summed E-state index contributed by atoms with van der Waals surface area (Å²) in [6, 6.07) is 19.4. The van der Waals surface area contributed by atoms with E-state index in [1.165, 1.54) is 16.2 Å². The Kier molecular flexibility index (Phi) is 10.9. The number of nitrogens with one attached hydrogen (secondary N) is 2. The van der Waals surface area contributed by atoms with Gasteiger partial charge in [-0.05, 0) is 78.8 Å². The van der Waals surface area contributed by atoms with Gasteiger partial charge >= 0.3 is 12.4 Å². The third-order valence-corrected chi connectivity index (χ3v) is 11.2. The number of nitrogens with zero attached hydrogens (tertiary/aromatic N) is 4. The Labute approximate surface area is 317 Å². The Morgan fingerprint density at radius 2 is 1.60 bits per heavy atom. The molecule has 4 amide bonds. The molecule has 3 saturated heterocycles. The largest absolute Gasteiger partial charge is 0.573 e. The summed E-state index contributed by atoms with van der Waals surface area (Å²) in [7, 11) is 3.45. The highest BCUT2D eigenvalue weighted by Gasteiger charge is 2.34. The highest BCUT2D eigenvalue weighted by atomic mass is 19.4. The quantitative estimate of drug-likeness (QED) is 0.205. The average molecular weight is 759 g/mol. The number of piperidine rings is 3. The van der Waals surface area contributed by atoms with Crippen molar-refractivity contribution in [2.75, 3.05) is 38.5 Å². The van der Waals surface area contributed by atoms with Crippen LogP contribution in [0.15, 0.2) is 77.7 Å². The summed E-state index contributed by atoms with van der Waals surface area (Å²) in [5.74, 6) is -0.523. The standard InChI is InChI=1S/C41H45F3N6O5/c1-47-25-34(32-5-3-4-6-33(32)39(47)53)28-7-8-29(36(23-28)55-41(42,43)44)24-49-19-17-31(18-20-49)48(2)40(54)50-21-15-27(16-22-50)26-9-11-30(12-10-26)45-35-13-14-37(51)46-38(35)52/h3-12,23,25,27,31,35,45H,13-22,24H2,1-2H3,(H,46,51,52). The van der Waals surface area contributed by atoms with Crippen LogP contribution in [-0.2, 0) is 23.2 Å². The molecule has 55 heavy (non-hydrogen) atoms. The number of pyridine rings is 1. The van der Waals surface area contributed by atoms with Gasteiger partial charge in [-0.3, -0.25) is 24.6 Å². The predicted molar refractivity (Wildman–Crippen MR) is 203 cm³/mol. The topological polar surface area (TPSA) is 116 Å². The number of aromatic nitrogens is 1. The van der Waals surface area contributed by atoms with Gasteiger partial charge in [-0.25, -0.2) is 4.79 Å². The number of halogens is 3. The molecule has 0 saturated carbocycles. The van der Waals surface area contributed by atoms with E-state index in [1.807, 2.05) is 29.0 Å². The van der Waals surface area contributed by atoms with Gasteiger partial charge in [-0.1, -0.05) is 42.5 Å². The highest BCUT2D eigenvalue weighted by Crippen LogP contribution is 2.35. The number of anilines is 1. The van der Waals surface area contributed by atoms with Crippen molar-refractivity contribution >= 4 is 34.3 Å². The fourth-order valence-electron chi connectivity index (χ4n) is 8.09. The molecule has 0 aliphatic carbocycles. The highest BCUT2D eigenvalue weighted by molar-refractivity contribution is 6.01. The summed E-state index contributed by atoms with van der Waals surface area (Å²) < 4.78 is 46.9. The normalized spacial score (nSPS) is 19.0. The lowest BCUT2D eigenvalue weighted by atomic mass is 9.89. The van der Waals surface area contributed by atoms with E-state index in [9.17, 15) is 32.3 Å². The number of amides is 4. The minimum absolute atomic E-state index is 0.0110. The van der Waals surface area contributed by atoms with Gasteiger partial charge in [-0.2, -0.15) is 0 Å². The molecule has 3 aliphatic heterocycles. The molecule has 14 heteroatoms. The summed E-state index contributed by atoms with van der Waals surface area (Å²) in [4.78, 5) is 55.6. The van der Waals surface area contributed by atoms with Crippen LogP contribution in [-0.4, -0.2) is 88.8 Å². The number of urea groups is 1. The molecule has 7 rings (SSSR count). The van der Waals surface area contributed by atoms with Gasteiger partial charge in [0.2, 0.25) is 11.8 Å². The van der Waals surface area contributed by atoms with Gasteiger partial charge in [-0.15, -0.1) is 13.2 Å². The Balaban J connectivity index is 0.928. The molecule has 0 bridgehead atoms. The Morgan fingerprint density at radius 1 is 0.909 bits per heavy atom. The van der Waals surface area contributed by atoms with Crippen LogP contribution in [0.1, 0.15) is 55.6 Å². The third kappa shape index (κ3) is 8.64. The molecular weight excluding hydrogens is 713 g/mol. The number of benzene rings is 3. The van der Waals surface area contributed by atoms with Gasteiger partial charge in [0.1, 0.15) is 11.8 Å². The number of imide groups is 1. The fraction of sp³-hybridized carbons (Fsp3) is 0.415. The van der Waals surface area contributed by atoms with E-state index in [4.69, 9.17) is 0 Å². The van der Waals surface area contributed by atoms with E-state index in [0.717, 1.165) is 18.5 Å². The maximum absolute atomic E-state index is 13.6. The summed E-state index contributed by atoms with van der Waals surface area (Å²) in [6.07, 6.45) is 0.564. The van der Waals surface area contributed by atoms with Crippen molar-refractivity contribution in [3.05, 3.63) is 94.4 Å². The van der Waals surface area contributed by atoms with E-state index in [-0.39, 0.29) is 41.7 Å². The van der Waals surface area contributed by atoms with Crippen molar-refractivity contribution in [3.63, 3.8) is 0 Å². The Bertz CT molecular complexity index is 2120. The zero-order chi connectivity index (χ0) is 38.9. The molecule has 3 aliphatic rings. The van der Waals surface area contributed by atoms with E-state index in [1.54, 1.807) is 49.6 Å². The van der Waals surface area contributed by atoms with Crippen LogP contribution in [0.4, 0.5) is 23.7 Å². The van der Waals surface area contributed by atoms with Crippen molar-refractivity contribution in [3.8, 4) is 16.9 Å². The van der Waals surface area contributed by atoms with Crippen molar-refractivity contribution in [2.45, 2.75) is 69.4 Å². The number of ether oxygens (including phenoxy) is 1. The predicted octanol–water partition coefficient (Wildman–Crippen LogP) is 6.22. The van der Waals surface area contributed by atoms with Gasteiger partial charge in [0.15, 0.2) is 0 Å². The number of aryl methyl sites for hydroxylation is 1. The van der Waals surface area contributed by atoms with Gasteiger partial charge in [0.25, 0.3) is 5.56 Å². The maximum atomic E-state index is 13.6. The number of hydrogen-bond acceptors (Lipinski definition) is 7. The lowest BCUT2D eigenvalue weighted by molar-refractivity contribution is -0.275. The number of carbonyl (C=O) groups excluding carboxylic acids is 3. The molecule has 0 radical (unpaired) electrons. The molecule has 3 aromatic carbocycles. The first kappa shape index (κ1) is 37.9. The monoisotopic (exact) mass is 758 g/mol. The number of likely N-dealkylation sites (tertiary alicyclic amines) is 2. The molecule has 4 heterocycles. The van der Waals surface area contributed by atoms with E-state index < -0.39 is 12.4 Å². The smallest absolute Gasteiger partial charge is 0.405 e. The summed E-state index contributed by atoms with van der Waals surface area (Å²) in [5.41, 5.74) is 3.35. The number of hydrogen-bond donors (Lipinski definition) is 2. The van der Waals surface area contributed by atoms with Crippen molar-refractivity contribution in [1.29, 1.82) is 0 Å². The zero-order valence-corrected chi connectivity index (χ0v) is 30.9. The molecule has 0 spiro atoms. The van der Waals surface area contributed by atoms with Crippen LogP contribution in [0.2, 0.25) is 0 Å². The minimum atomic E-state index is -4.88. The zero-order valence-electron chi connectivity index (χ0n) is 30.9.